The fraction of sp³-hybridized carbons (Fsp3) is 0.0556. The molecular weight excluding hydrogens is 403 g/mol. The summed E-state index contributed by atoms with van der Waals surface area (Å²) >= 11 is 3.14. The van der Waals surface area contributed by atoms with Crippen LogP contribution in [0.3, 0.4) is 0 Å². The van der Waals surface area contributed by atoms with Crippen molar-refractivity contribution < 1.29 is 13.9 Å². The molecule has 2 aromatic carbocycles. The van der Waals surface area contributed by atoms with Crippen molar-refractivity contribution in [2.45, 2.75) is 0 Å². The van der Waals surface area contributed by atoms with Gasteiger partial charge in [-0.15, -0.1) is 0 Å². The van der Waals surface area contributed by atoms with Crippen LogP contribution in [-0.4, -0.2) is 26.7 Å². The van der Waals surface area contributed by atoms with Crippen molar-refractivity contribution in [3.05, 3.63) is 65.1 Å². The molecule has 0 fully saturated rings. The van der Waals surface area contributed by atoms with Crippen molar-refractivity contribution in [1.82, 2.24) is 19.6 Å². The molecule has 8 heteroatoms. The number of ether oxygens (including phenoxy) is 2. The van der Waals surface area contributed by atoms with Crippen LogP contribution < -0.4 is 9.47 Å². The Morgan fingerprint density at radius 3 is 2.46 bits per heavy atom. The minimum atomic E-state index is -0.371. The van der Waals surface area contributed by atoms with Gasteiger partial charge in [-0.25, -0.2) is 14.4 Å². The summed E-state index contributed by atoms with van der Waals surface area (Å²) in [6.07, 6.45) is 3.08. The van der Waals surface area contributed by atoms with Gasteiger partial charge < -0.3 is 9.47 Å². The molecule has 0 unspecified atom stereocenters. The first-order chi connectivity index (χ1) is 12.6. The average Bonchev–Trinajstić information content (AvgIpc) is 3.07. The number of imidazole rings is 1. The Morgan fingerprint density at radius 1 is 1.00 bits per heavy atom. The molecule has 0 bridgehead atoms. The lowest BCUT2D eigenvalue weighted by atomic mass is 10.2. The fourth-order valence-corrected chi connectivity index (χ4v) is 2.62. The van der Waals surface area contributed by atoms with E-state index in [-0.39, 0.29) is 5.82 Å². The summed E-state index contributed by atoms with van der Waals surface area (Å²) in [5.74, 6) is 1.75. The average molecular weight is 415 g/mol. The first kappa shape index (κ1) is 16.5. The Labute approximate surface area is 156 Å². The van der Waals surface area contributed by atoms with Gasteiger partial charge in [-0.1, -0.05) is 6.07 Å². The molecular formula is C18H12BrFN4O2. The highest BCUT2D eigenvalue weighted by molar-refractivity contribution is 9.10. The van der Waals surface area contributed by atoms with Crippen molar-refractivity contribution in [3.63, 3.8) is 0 Å². The molecule has 0 spiro atoms. The third-order valence-corrected chi connectivity index (χ3v) is 4.34. The predicted molar refractivity (Wildman–Crippen MR) is 96.9 cm³/mol. The van der Waals surface area contributed by atoms with Gasteiger partial charge in [0.15, 0.2) is 0 Å². The molecule has 0 aliphatic heterocycles. The van der Waals surface area contributed by atoms with Crippen molar-refractivity contribution in [3.8, 4) is 28.6 Å². The monoisotopic (exact) mass is 414 g/mol. The number of aromatic nitrogens is 4. The number of nitrogens with zero attached hydrogens (tertiary/aromatic N) is 4. The summed E-state index contributed by atoms with van der Waals surface area (Å²) in [6.45, 7) is 0. The maximum absolute atomic E-state index is 13.8. The van der Waals surface area contributed by atoms with Gasteiger partial charge in [0.2, 0.25) is 5.88 Å². The molecule has 4 rings (SSSR count). The Kier molecular flexibility index (Phi) is 4.26. The number of hydrogen-bond acceptors (Lipinski definition) is 5. The number of rotatable bonds is 4. The molecule has 0 aliphatic rings. The molecule has 2 heterocycles. The summed E-state index contributed by atoms with van der Waals surface area (Å²) in [4.78, 5) is 8.43. The van der Waals surface area contributed by atoms with E-state index in [2.05, 4.69) is 31.0 Å². The summed E-state index contributed by atoms with van der Waals surface area (Å²) < 4.78 is 26.6. The fourth-order valence-electron chi connectivity index (χ4n) is 2.38. The van der Waals surface area contributed by atoms with Crippen molar-refractivity contribution >= 4 is 21.7 Å². The first-order valence-electron chi connectivity index (χ1n) is 7.62. The number of benzene rings is 2. The molecule has 0 saturated carbocycles. The van der Waals surface area contributed by atoms with E-state index >= 15 is 0 Å². The third kappa shape index (κ3) is 3.11. The summed E-state index contributed by atoms with van der Waals surface area (Å²) in [5.41, 5.74) is 1.10. The van der Waals surface area contributed by atoms with E-state index in [0.29, 0.717) is 33.1 Å². The van der Waals surface area contributed by atoms with Crippen LogP contribution in [0.25, 0.3) is 17.0 Å². The minimum Gasteiger partial charge on any atom is -0.497 e. The molecule has 0 amide bonds. The smallest absolute Gasteiger partial charge is 0.254 e. The van der Waals surface area contributed by atoms with E-state index in [1.165, 1.54) is 16.8 Å². The molecule has 0 radical (unpaired) electrons. The topological polar surface area (TPSA) is 61.5 Å². The minimum absolute atomic E-state index is 0.371. The molecule has 26 heavy (non-hydrogen) atoms. The summed E-state index contributed by atoms with van der Waals surface area (Å²) in [5, 5.41) is 4.47. The zero-order valence-corrected chi connectivity index (χ0v) is 15.1. The zero-order valence-electron chi connectivity index (χ0n) is 13.6. The van der Waals surface area contributed by atoms with Crippen molar-refractivity contribution in [2.75, 3.05) is 7.11 Å². The van der Waals surface area contributed by atoms with Crippen LogP contribution in [-0.2, 0) is 0 Å². The van der Waals surface area contributed by atoms with Crippen LogP contribution in [0.5, 0.6) is 17.4 Å². The Balaban J connectivity index is 1.70. The second kappa shape index (κ2) is 6.72. The van der Waals surface area contributed by atoms with Crippen LogP contribution in [0.1, 0.15) is 0 Å². The van der Waals surface area contributed by atoms with E-state index in [1.54, 1.807) is 49.7 Å². The van der Waals surface area contributed by atoms with Crippen LogP contribution in [0, 0.1) is 5.82 Å². The second-order valence-electron chi connectivity index (χ2n) is 5.36. The molecule has 4 aromatic rings. The number of hydrogen-bond donors (Lipinski definition) is 0. The van der Waals surface area contributed by atoms with Gasteiger partial charge in [0, 0.05) is 5.56 Å². The number of fused-ring (bicyclic) bond motifs is 1. The molecule has 130 valence electrons. The van der Waals surface area contributed by atoms with E-state index < -0.39 is 0 Å². The quantitative estimate of drug-likeness (QED) is 0.492. The van der Waals surface area contributed by atoms with Gasteiger partial charge in [-0.2, -0.15) is 9.61 Å². The normalized spacial score (nSPS) is 10.9. The molecule has 6 nitrogen and oxygen atoms in total. The van der Waals surface area contributed by atoms with Gasteiger partial charge in [-0.3, -0.25) is 0 Å². The van der Waals surface area contributed by atoms with Crippen LogP contribution >= 0.6 is 15.9 Å². The van der Waals surface area contributed by atoms with Crippen LogP contribution in [0.4, 0.5) is 4.39 Å². The lowest BCUT2D eigenvalue weighted by molar-refractivity contribution is 0.411. The lowest BCUT2D eigenvalue weighted by Gasteiger charge is -2.07. The maximum atomic E-state index is 13.8. The Bertz CT molecular complexity index is 1080. The highest BCUT2D eigenvalue weighted by atomic mass is 79.9. The number of methoxy groups -OCH3 is 1. The standard InChI is InChI=1S/C18H12BrFN4O2/c1-25-12-3-5-13(6-4-12)26-17-10-22-18-21-9-16(23-24(17)18)11-2-7-14(19)15(20)8-11/h2-10H,1H3. The largest absolute Gasteiger partial charge is 0.497 e. The summed E-state index contributed by atoms with van der Waals surface area (Å²) in [6, 6.07) is 11.9. The van der Waals surface area contributed by atoms with Gasteiger partial charge in [-0.05, 0) is 52.3 Å². The molecule has 2 aromatic heterocycles. The zero-order chi connectivity index (χ0) is 18.1. The Morgan fingerprint density at radius 2 is 1.73 bits per heavy atom. The van der Waals surface area contributed by atoms with Gasteiger partial charge >= 0.3 is 0 Å². The lowest BCUT2D eigenvalue weighted by Crippen LogP contribution is -1.99. The van der Waals surface area contributed by atoms with Crippen molar-refractivity contribution in [2.24, 2.45) is 0 Å². The van der Waals surface area contributed by atoms with E-state index in [1.807, 2.05) is 0 Å². The molecule has 0 saturated heterocycles. The Hall–Kier alpha value is -3.00. The SMILES string of the molecule is COc1ccc(Oc2cnc3ncc(-c4ccc(Br)c(F)c4)nn23)cc1. The highest BCUT2D eigenvalue weighted by Gasteiger charge is 2.11. The van der Waals surface area contributed by atoms with E-state index in [4.69, 9.17) is 9.47 Å². The van der Waals surface area contributed by atoms with Crippen molar-refractivity contribution in [1.29, 1.82) is 0 Å². The van der Waals surface area contributed by atoms with Crippen LogP contribution in [0.2, 0.25) is 0 Å². The predicted octanol–water partition coefficient (Wildman–Crippen LogP) is 4.49. The van der Waals surface area contributed by atoms with E-state index in [0.717, 1.165) is 5.75 Å². The maximum Gasteiger partial charge on any atom is 0.254 e. The molecule has 0 N–H and O–H groups in total. The summed E-state index contributed by atoms with van der Waals surface area (Å²) in [7, 11) is 1.60. The van der Waals surface area contributed by atoms with Gasteiger partial charge in [0.25, 0.3) is 5.78 Å². The van der Waals surface area contributed by atoms with Gasteiger partial charge in [0.05, 0.1) is 24.0 Å². The van der Waals surface area contributed by atoms with Gasteiger partial charge in [0.1, 0.15) is 23.0 Å². The molecule has 0 atom stereocenters. The number of halogens is 2. The van der Waals surface area contributed by atoms with Crippen LogP contribution in [0.15, 0.2) is 59.3 Å². The first-order valence-corrected chi connectivity index (χ1v) is 8.41. The third-order valence-electron chi connectivity index (χ3n) is 3.70. The molecule has 0 aliphatic carbocycles. The second-order valence-corrected chi connectivity index (χ2v) is 6.21. The van der Waals surface area contributed by atoms with E-state index in [9.17, 15) is 4.39 Å². The highest BCUT2D eigenvalue weighted by Crippen LogP contribution is 2.26.